The van der Waals surface area contributed by atoms with Gasteiger partial charge in [0.25, 0.3) is 11.8 Å². The van der Waals surface area contributed by atoms with Crippen molar-refractivity contribution in [2.45, 2.75) is 26.9 Å². The van der Waals surface area contributed by atoms with Crippen molar-refractivity contribution in [3.63, 3.8) is 0 Å². The molecule has 0 aromatic heterocycles. The first-order valence-electron chi connectivity index (χ1n) is 11.3. The Labute approximate surface area is 215 Å². The van der Waals surface area contributed by atoms with Crippen molar-refractivity contribution in [1.82, 2.24) is 5.01 Å². The number of fused-ring (bicyclic) bond motifs is 5. The van der Waals surface area contributed by atoms with Crippen molar-refractivity contribution < 1.29 is 19.1 Å². The topological polar surface area (TPSA) is 68.2 Å². The van der Waals surface area contributed by atoms with Crippen LogP contribution in [0.25, 0.3) is 0 Å². The number of allylic oxidation sites excluding steroid dienone is 2. The molecule has 2 aromatic carbocycles. The van der Waals surface area contributed by atoms with E-state index in [1.807, 2.05) is 32.0 Å². The number of aryl methyl sites for hydroxylation is 1. The Morgan fingerprint density at radius 1 is 1.06 bits per heavy atom. The van der Waals surface area contributed by atoms with E-state index in [-0.39, 0.29) is 35.5 Å². The first kappa shape index (κ1) is 23.3. The van der Waals surface area contributed by atoms with Gasteiger partial charge in [0.15, 0.2) is 11.5 Å². The molecule has 2 aliphatic carbocycles. The molecular formula is C26H24Br2N2O4. The molecule has 1 heterocycles. The monoisotopic (exact) mass is 586 g/mol. The third-order valence-corrected chi connectivity index (χ3v) is 8.82. The van der Waals surface area contributed by atoms with Crippen molar-refractivity contribution in [3.05, 3.63) is 68.1 Å². The third-order valence-electron chi connectivity index (χ3n) is 6.68. The molecule has 1 saturated heterocycles. The lowest BCUT2D eigenvalue weighted by Gasteiger charge is -2.17. The van der Waals surface area contributed by atoms with Crippen LogP contribution in [-0.2, 0) is 16.2 Å². The number of nitrogens with zero attached hydrogens (tertiary/aromatic N) is 2. The van der Waals surface area contributed by atoms with Crippen molar-refractivity contribution in [2.75, 3.05) is 6.61 Å². The summed E-state index contributed by atoms with van der Waals surface area (Å²) in [7, 11) is 0. The number of hydrogen-bond acceptors (Lipinski definition) is 5. The fourth-order valence-corrected chi connectivity index (χ4v) is 6.11. The SMILES string of the molecule is CCOc1cc(C=NN2C(=O)[C@@H]3[C@H](C2=O)[C@H]2C=C[C@H]3C2)c(Br)c(Br)c1OCc1cccc(C)c1. The van der Waals surface area contributed by atoms with Crippen LogP contribution in [0.15, 0.2) is 56.5 Å². The maximum Gasteiger partial charge on any atom is 0.254 e. The summed E-state index contributed by atoms with van der Waals surface area (Å²) in [5.74, 6) is 0.465. The van der Waals surface area contributed by atoms with E-state index < -0.39 is 0 Å². The molecule has 3 aliphatic rings. The number of rotatable bonds is 7. The molecule has 4 atom stereocenters. The summed E-state index contributed by atoms with van der Waals surface area (Å²) in [5, 5.41) is 5.35. The lowest BCUT2D eigenvalue weighted by atomic mass is 9.85. The molecule has 0 radical (unpaired) electrons. The molecule has 1 saturated carbocycles. The van der Waals surface area contributed by atoms with Crippen LogP contribution in [0.1, 0.15) is 30.0 Å². The van der Waals surface area contributed by atoms with Crippen LogP contribution in [-0.4, -0.2) is 29.6 Å². The summed E-state index contributed by atoms with van der Waals surface area (Å²) in [5.41, 5.74) is 2.88. The lowest BCUT2D eigenvalue weighted by molar-refractivity contribution is -0.140. The van der Waals surface area contributed by atoms with Crippen LogP contribution < -0.4 is 9.47 Å². The molecule has 0 N–H and O–H groups in total. The minimum absolute atomic E-state index is 0.155. The van der Waals surface area contributed by atoms with Gasteiger partial charge in [-0.25, -0.2) is 0 Å². The Hall–Kier alpha value is -2.45. The average molecular weight is 588 g/mol. The maximum absolute atomic E-state index is 12.9. The van der Waals surface area contributed by atoms with Gasteiger partial charge >= 0.3 is 0 Å². The summed E-state index contributed by atoms with van der Waals surface area (Å²) < 4.78 is 13.3. The number of amides is 2. The van der Waals surface area contributed by atoms with Gasteiger partial charge in [0.1, 0.15) is 6.61 Å². The van der Waals surface area contributed by atoms with E-state index in [1.165, 1.54) is 6.21 Å². The second-order valence-electron chi connectivity index (χ2n) is 8.86. The van der Waals surface area contributed by atoms with Gasteiger partial charge in [-0.3, -0.25) is 9.59 Å². The summed E-state index contributed by atoms with van der Waals surface area (Å²) >= 11 is 7.21. The fraction of sp³-hybridized carbons (Fsp3) is 0.346. The highest BCUT2D eigenvalue weighted by atomic mass is 79.9. The molecule has 34 heavy (non-hydrogen) atoms. The van der Waals surface area contributed by atoms with Gasteiger partial charge < -0.3 is 9.47 Å². The Bertz CT molecular complexity index is 1200. The number of hydrogen-bond donors (Lipinski definition) is 0. The van der Waals surface area contributed by atoms with Crippen LogP contribution in [0.3, 0.4) is 0 Å². The van der Waals surface area contributed by atoms with Gasteiger partial charge in [-0.15, -0.1) is 0 Å². The lowest BCUT2D eigenvalue weighted by Crippen LogP contribution is -2.28. The minimum Gasteiger partial charge on any atom is -0.490 e. The van der Waals surface area contributed by atoms with Crippen molar-refractivity contribution in [3.8, 4) is 11.5 Å². The van der Waals surface area contributed by atoms with E-state index in [2.05, 4.69) is 55.2 Å². The van der Waals surface area contributed by atoms with Gasteiger partial charge in [-0.1, -0.05) is 42.0 Å². The number of carbonyl (C=O) groups excluding carboxylic acids is 2. The van der Waals surface area contributed by atoms with Crippen LogP contribution >= 0.6 is 31.9 Å². The van der Waals surface area contributed by atoms with Gasteiger partial charge in [0.05, 0.1) is 29.1 Å². The first-order valence-corrected chi connectivity index (χ1v) is 12.9. The number of halogens is 2. The van der Waals surface area contributed by atoms with E-state index in [0.717, 1.165) is 22.6 Å². The molecule has 2 bridgehead atoms. The fourth-order valence-electron chi connectivity index (χ4n) is 5.17. The molecule has 176 valence electrons. The first-order chi connectivity index (χ1) is 16.4. The summed E-state index contributed by atoms with van der Waals surface area (Å²) in [4.78, 5) is 25.8. The van der Waals surface area contributed by atoms with Crippen LogP contribution in [0.2, 0.25) is 0 Å². The number of benzene rings is 2. The van der Waals surface area contributed by atoms with E-state index in [1.54, 1.807) is 6.07 Å². The molecular weight excluding hydrogens is 564 g/mol. The Morgan fingerprint density at radius 3 is 2.41 bits per heavy atom. The van der Waals surface area contributed by atoms with Crippen LogP contribution in [0.5, 0.6) is 11.5 Å². The van der Waals surface area contributed by atoms with Gasteiger partial charge in [-0.05, 0) is 75.6 Å². The zero-order chi connectivity index (χ0) is 24.0. The highest BCUT2D eigenvalue weighted by Crippen LogP contribution is 2.52. The Balaban J connectivity index is 1.39. The predicted octanol–water partition coefficient (Wildman–Crippen LogP) is 5.64. The Kier molecular flexibility index (Phi) is 6.37. The zero-order valence-corrected chi connectivity index (χ0v) is 22.0. The molecule has 0 spiro atoms. The highest BCUT2D eigenvalue weighted by molar-refractivity contribution is 9.13. The number of carbonyl (C=O) groups is 2. The van der Waals surface area contributed by atoms with E-state index in [9.17, 15) is 9.59 Å². The molecule has 2 amide bonds. The largest absolute Gasteiger partial charge is 0.490 e. The van der Waals surface area contributed by atoms with Gasteiger partial charge in [0, 0.05) is 10.0 Å². The molecule has 5 rings (SSSR count). The molecule has 2 fully saturated rings. The molecule has 6 nitrogen and oxygen atoms in total. The molecule has 2 aromatic rings. The Morgan fingerprint density at radius 2 is 1.76 bits per heavy atom. The number of hydrazone groups is 1. The maximum atomic E-state index is 12.9. The van der Waals surface area contributed by atoms with Crippen molar-refractivity contribution in [2.24, 2.45) is 28.8 Å². The summed E-state index contributed by atoms with van der Waals surface area (Å²) in [6, 6.07) is 9.92. The standard InChI is InChI=1S/C26H24Br2N2O4/c1-3-33-19-11-18(22(27)23(28)24(19)34-13-15-6-4-5-14(2)9-15)12-29-30-25(31)20-16-7-8-17(10-16)21(20)26(30)32/h4-9,11-12,16-17,20-21H,3,10,13H2,1-2H3/t16-,17-,20-,21+/m0/s1. The van der Waals surface area contributed by atoms with Crippen LogP contribution in [0, 0.1) is 30.6 Å². The minimum atomic E-state index is -0.272. The molecule has 1 aliphatic heterocycles. The third kappa shape index (κ3) is 4.01. The highest BCUT2D eigenvalue weighted by Gasteiger charge is 2.59. The van der Waals surface area contributed by atoms with E-state index in [0.29, 0.717) is 39.2 Å². The normalized spacial score (nSPS) is 25.0. The van der Waals surface area contributed by atoms with Gasteiger partial charge in [-0.2, -0.15) is 10.1 Å². The summed E-state index contributed by atoms with van der Waals surface area (Å²) in [6.45, 7) is 4.78. The predicted molar refractivity (Wildman–Crippen MR) is 136 cm³/mol. The molecule has 0 unspecified atom stereocenters. The second kappa shape index (κ2) is 9.30. The second-order valence-corrected chi connectivity index (χ2v) is 10.5. The number of imide groups is 1. The van der Waals surface area contributed by atoms with Crippen molar-refractivity contribution >= 4 is 49.9 Å². The zero-order valence-electron chi connectivity index (χ0n) is 18.8. The average Bonchev–Trinajstić information content (AvgIpc) is 3.49. The van der Waals surface area contributed by atoms with E-state index in [4.69, 9.17) is 9.47 Å². The van der Waals surface area contributed by atoms with Crippen LogP contribution in [0.4, 0.5) is 0 Å². The number of ether oxygens (including phenoxy) is 2. The van der Waals surface area contributed by atoms with Crippen molar-refractivity contribution in [1.29, 1.82) is 0 Å². The van der Waals surface area contributed by atoms with E-state index >= 15 is 0 Å². The summed E-state index contributed by atoms with van der Waals surface area (Å²) in [6.07, 6.45) is 6.56. The van der Waals surface area contributed by atoms with Gasteiger partial charge in [0.2, 0.25) is 0 Å². The quantitative estimate of drug-likeness (QED) is 0.239. The smallest absolute Gasteiger partial charge is 0.254 e. The molecule has 8 heteroatoms.